The van der Waals surface area contributed by atoms with E-state index in [0.717, 1.165) is 12.1 Å². The first kappa shape index (κ1) is 18.6. The first-order chi connectivity index (χ1) is 13.3. The lowest BCUT2D eigenvalue weighted by molar-refractivity contribution is 0.508. The van der Waals surface area contributed by atoms with Crippen molar-refractivity contribution in [2.24, 2.45) is 0 Å². The molecule has 2 aliphatic heterocycles. The zero-order valence-corrected chi connectivity index (χ0v) is 16.1. The lowest BCUT2D eigenvalue weighted by Gasteiger charge is -2.13. The van der Waals surface area contributed by atoms with E-state index in [9.17, 15) is 8.78 Å². The quantitative estimate of drug-likeness (QED) is 0.508. The van der Waals surface area contributed by atoms with Crippen molar-refractivity contribution in [2.45, 2.75) is 13.5 Å². The fourth-order valence-corrected chi connectivity index (χ4v) is 3.45. The Kier molecular flexibility index (Phi) is 4.64. The maximum absolute atomic E-state index is 13.7. The molecular weight excluding hydrogens is 407 g/mol. The van der Waals surface area contributed by atoms with Crippen molar-refractivity contribution in [2.75, 3.05) is 5.73 Å². The van der Waals surface area contributed by atoms with E-state index >= 15 is 0 Å². The summed E-state index contributed by atoms with van der Waals surface area (Å²) >= 11 is 12.5. The van der Waals surface area contributed by atoms with Gasteiger partial charge in [-0.15, -0.1) is 0 Å². The lowest BCUT2D eigenvalue weighted by Crippen LogP contribution is -2.09. The summed E-state index contributed by atoms with van der Waals surface area (Å²) in [5.74, 6) is -1.07. The number of nitrogen functional groups attached to an aromatic ring is 1. The SMILES string of the molecule is Cc1cc(F)c(F)cc1-c1nc2c(N)ncn(Cc3c(Cl)cccc3Cl)c-2n1. The molecule has 28 heavy (non-hydrogen) atoms. The van der Waals surface area contributed by atoms with Crippen molar-refractivity contribution in [3.8, 4) is 22.9 Å². The number of halogens is 4. The maximum atomic E-state index is 13.7. The van der Waals surface area contributed by atoms with Crippen LogP contribution in [0.1, 0.15) is 11.1 Å². The van der Waals surface area contributed by atoms with Gasteiger partial charge in [-0.1, -0.05) is 29.3 Å². The maximum Gasteiger partial charge on any atom is 0.166 e. The fourth-order valence-electron chi connectivity index (χ4n) is 2.93. The number of anilines is 1. The Morgan fingerprint density at radius 3 is 2.46 bits per heavy atom. The summed E-state index contributed by atoms with van der Waals surface area (Å²) in [4.78, 5) is 13.0. The predicted octanol–water partition coefficient (Wildman–Crippen LogP) is 4.97. The van der Waals surface area contributed by atoms with E-state index in [1.165, 1.54) is 6.33 Å². The number of hydrogen-bond acceptors (Lipinski definition) is 4. The van der Waals surface area contributed by atoms with Gasteiger partial charge in [-0.25, -0.2) is 23.7 Å². The van der Waals surface area contributed by atoms with Gasteiger partial charge in [0, 0.05) is 21.2 Å². The zero-order valence-electron chi connectivity index (χ0n) is 14.5. The number of imidazole rings is 1. The van der Waals surface area contributed by atoms with E-state index in [-0.39, 0.29) is 18.2 Å². The summed E-state index contributed by atoms with van der Waals surface area (Å²) in [6.45, 7) is 1.94. The summed E-state index contributed by atoms with van der Waals surface area (Å²) < 4.78 is 28.9. The number of hydrogen-bond donors (Lipinski definition) is 1. The number of nitrogens with two attached hydrogens (primary N) is 1. The Hall–Kier alpha value is -2.77. The molecule has 9 heteroatoms. The van der Waals surface area contributed by atoms with E-state index < -0.39 is 11.6 Å². The average molecular weight is 420 g/mol. The van der Waals surface area contributed by atoms with Crippen molar-refractivity contribution in [3.05, 3.63) is 69.5 Å². The predicted molar refractivity (Wildman–Crippen MR) is 105 cm³/mol. The summed E-state index contributed by atoms with van der Waals surface area (Å²) in [7, 11) is 0. The molecule has 0 bridgehead atoms. The van der Waals surface area contributed by atoms with Crippen LogP contribution in [-0.2, 0) is 6.54 Å². The van der Waals surface area contributed by atoms with Crippen LogP contribution in [0.3, 0.4) is 0 Å². The molecule has 2 heterocycles. The number of nitrogens with zero attached hydrogens (tertiary/aromatic N) is 4. The van der Waals surface area contributed by atoms with Crippen LogP contribution in [0.2, 0.25) is 10.0 Å². The smallest absolute Gasteiger partial charge is 0.166 e. The van der Waals surface area contributed by atoms with Crippen molar-refractivity contribution in [1.82, 2.24) is 19.5 Å². The number of fused-ring (bicyclic) bond motifs is 1. The molecular formula is C19H13Cl2F2N5. The highest BCUT2D eigenvalue weighted by atomic mass is 35.5. The third-order valence-electron chi connectivity index (χ3n) is 4.39. The van der Waals surface area contributed by atoms with Gasteiger partial charge in [0.25, 0.3) is 0 Å². The number of aromatic nitrogens is 4. The van der Waals surface area contributed by atoms with E-state index in [1.54, 1.807) is 29.7 Å². The summed E-state index contributed by atoms with van der Waals surface area (Å²) in [6.07, 6.45) is 1.51. The molecule has 0 aliphatic carbocycles. The molecule has 2 aliphatic rings. The van der Waals surface area contributed by atoms with Gasteiger partial charge < -0.3 is 10.3 Å². The molecule has 0 amide bonds. The van der Waals surface area contributed by atoms with Gasteiger partial charge in [0.2, 0.25) is 0 Å². The number of aryl methyl sites for hydroxylation is 1. The van der Waals surface area contributed by atoms with Gasteiger partial charge in [0.15, 0.2) is 34.8 Å². The second-order valence-electron chi connectivity index (χ2n) is 6.26. The van der Waals surface area contributed by atoms with Gasteiger partial charge >= 0.3 is 0 Å². The molecule has 2 aromatic rings. The highest BCUT2D eigenvalue weighted by Crippen LogP contribution is 2.32. The standard InChI is InChI=1S/C19H13Cl2F2N5/c1-9-5-14(22)15(23)6-10(9)18-26-16-17(24)25-8-28(19(16)27-18)7-11-12(20)3-2-4-13(11)21/h2-6,8H,7,24H2,1H3. The third kappa shape index (κ3) is 3.16. The van der Waals surface area contributed by atoms with E-state index in [1.807, 2.05) is 0 Å². The molecule has 5 nitrogen and oxygen atoms in total. The molecule has 142 valence electrons. The minimum atomic E-state index is -0.976. The second-order valence-corrected chi connectivity index (χ2v) is 7.07. The molecule has 2 N–H and O–H groups in total. The third-order valence-corrected chi connectivity index (χ3v) is 5.10. The van der Waals surface area contributed by atoms with Crippen LogP contribution >= 0.6 is 23.2 Å². The summed E-state index contributed by atoms with van der Waals surface area (Å²) in [5, 5.41) is 1.00. The Labute approximate surface area is 169 Å². The van der Waals surface area contributed by atoms with E-state index in [4.69, 9.17) is 28.9 Å². The summed E-state index contributed by atoms with van der Waals surface area (Å²) in [6, 6.07) is 7.39. The highest BCUT2D eigenvalue weighted by molar-refractivity contribution is 6.36. The zero-order chi connectivity index (χ0) is 20.0. The summed E-state index contributed by atoms with van der Waals surface area (Å²) in [5.41, 5.74) is 7.87. The number of rotatable bonds is 3. The van der Waals surface area contributed by atoms with Crippen molar-refractivity contribution in [1.29, 1.82) is 0 Å². The van der Waals surface area contributed by atoms with Crippen LogP contribution < -0.4 is 5.73 Å². The van der Waals surface area contributed by atoms with Crippen molar-refractivity contribution in [3.63, 3.8) is 0 Å². The Bertz CT molecular complexity index is 1160. The largest absolute Gasteiger partial charge is 0.382 e. The highest BCUT2D eigenvalue weighted by Gasteiger charge is 2.22. The minimum Gasteiger partial charge on any atom is -0.382 e. The van der Waals surface area contributed by atoms with Crippen LogP contribution in [0.15, 0.2) is 36.7 Å². The van der Waals surface area contributed by atoms with Crippen LogP contribution in [-0.4, -0.2) is 19.5 Å². The monoisotopic (exact) mass is 419 g/mol. The molecule has 0 radical (unpaired) electrons. The number of benzene rings is 2. The molecule has 0 unspecified atom stereocenters. The van der Waals surface area contributed by atoms with Gasteiger partial charge in [0.1, 0.15) is 0 Å². The van der Waals surface area contributed by atoms with Gasteiger partial charge in [-0.3, -0.25) is 0 Å². The van der Waals surface area contributed by atoms with Crippen molar-refractivity contribution < 1.29 is 8.78 Å². The molecule has 0 spiro atoms. The molecule has 0 atom stereocenters. The van der Waals surface area contributed by atoms with E-state index in [0.29, 0.717) is 38.3 Å². The molecule has 0 aromatic heterocycles. The normalized spacial score (nSPS) is 11.3. The van der Waals surface area contributed by atoms with E-state index in [2.05, 4.69) is 15.0 Å². The van der Waals surface area contributed by atoms with Crippen LogP contribution in [0.5, 0.6) is 0 Å². The first-order valence-corrected chi connectivity index (χ1v) is 8.98. The Balaban J connectivity index is 1.86. The minimum absolute atomic E-state index is 0.176. The first-order valence-electron chi connectivity index (χ1n) is 8.22. The molecule has 0 saturated carbocycles. The van der Waals surface area contributed by atoms with Crippen molar-refractivity contribution >= 4 is 29.0 Å². The van der Waals surface area contributed by atoms with Crippen LogP contribution in [0.4, 0.5) is 14.6 Å². The molecule has 4 rings (SSSR count). The molecule has 2 aromatic carbocycles. The topological polar surface area (TPSA) is 69.6 Å². The molecule has 0 fully saturated rings. The Morgan fingerprint density at radius 2 is 1.75 bits per heavy atom. The van der Waals surface area contributed by atoms with Crippen LogP contribution in [0.25, 0.3) is 22.9 Å². The second kappa shape index (κ2) is 7.00. The van der Waals surface area contributed by atoms with Gasteiger partial charge in [-0.2, -0.15) is 0 Å². The Morgan fingerprint density at radius 1 is 1.07 bits per heavy atom. The van der Waals surface area contributed by atoms with Gasteiger partial charge in [0.05, 0.1) is 12.9 Å². The van der Waals surface area contributed by atoms with Gasteiger partial charge in [-0.05, 0) is 36.8 Å². The average Bonchev–Trinajstić information content (AvgIpc) is 3.09. The lowest BCUT2D eigenvalue weighted by atomic mass is 10.1. The van der Waals surface area contributed by atoms with Crippen LogP contribution in [0, 0.1) is 18.6 Å². The molecule has 0 saturated heterocycles. The fraction of sp³-hybridized carbons (Fsp3) is 0.105.